The summed E-state index contributed by atoms with van der Waals surface area (Å²) >= 11 is 0. The normalized spacial score (nSPS) is 11.6. The third-order valence-electron chi connectivity index (χ3n) is 5.02. The van der Waals surface area contributed by atoms with E-state index in [-0.39, 0.29) is 19.0 Å². The van der Waals surface area contributed by atoms with Crippen molar-refractivity contribution < 1.29 is 9.84 Å². The van der Waals surface area contributed by atoms with Gasteiger partial charge in [-0.15, -0.1) is 12.4 Å². The highest BCUT2D eigenvalue weighted by atomic mass is 35.5. The van der Waals surface area contributed by atoms with Crippen LogP contribution in [0.15, 0.2) is 84.9 Å². The van der Waals surface area contributed by atoms with Gasteiger partial charge in [0.05, 0.1) is 0 Å². The first-order valence-electron chi connectivity index (χ1n) is 10.5. The Morgan fingerprint density at radius 1 is 0.774 bits per heavy atom. The van der Waals surface area contributed by atoms with E-state index in [0.717, 1.165) is 30.7 Å². The number of hydrogen-bond acceptors (Lipinski definition) is 3. The van der Waals surface area contributed by atoms with Gasteiger partial charge < -0.3 is 14.7 Å². The lowest BCUT2D eigenvalue weighted by Crippen LogP contribution is -2.19. The molecule has 0 aromatic heterocycles. The molecule has 1 N–H and O–H groups in total. The van der Waals surface area contributed by atoms with Crippen molar-refractivity contribution >= 4 is 23.6 Å². The Hall–Kier alpha value is -2.59. The molecule has 0 aliphatic carbocycles. The van der Waals surface area contributed by atoms with Gasteiger partial charge in [-0.3, -0.25) is 0 Å². The standard InChI is InChI=1S/C27H31NO2.ClH/c1-28(2)19-21-30-25-17-15-24(16-18-25)27(23-12-7-4-8-13-23)26(14-9-20-29)22-10-5-3-6-11-22;/h3-8,10-13,15-18,29H,9,14,19-21H2,1-2H3;1H/b27-26-;. The van der Waals surface area contributed by atoms with E-state index in [1.54, 1.807) is 0 Å². The summed E-state index contributed by atoms with van der Waals surface area (Å²) in [5, 5.41) is 9.50. The Morgan fingerprint density at radius 2 is 1.32 bits per heavy atom. The highest BCUT2D eigenvalue weighted by molar-refractivity contribution is 5.98. The number of halogens is 1. The Balaban J connectivity index is 0.00000341. The van der Waals surface area contributed by atoms with E-state index < -0.39 is 0 Å². The molecule has 3 aromatic carbocycles. The molecule has 164 valence electrons. The van der Waals surface area contributed by atoms with Crippen LogP contribution in [0.1, 0.15) is 29.5 Å². The second-order valence-corrected chi connectivity index (χ2v) is 7.59. The van der Waals surface area contributed by atoms with Gasteiger partial charge in [0.15, 0.2) is 0 Å². The summed E-state index contributed by atoms with van der Waals surface area (Å²) in [6.45, 7) is 1.73. The monoisotopic (exact) mass is 437 g/mol. The maximum atomic E-state index is 9.50. The second-order valence-electron chi connectivity index (χ2n) is 7.59. The summed E-state index contributed by atoms with van der Waals surface area (Å²) < 4.78 is 5.88. The molecule has 0 saturated carbocycles. The Morgan fingerprint density at radius 3 is 1.87 bits per heavy atom. The smallest absolute Gasteiger partial charge is 0.119 e. The Kier molecular flexibility index (Phi) is 10.3. The minimum Gasteiger partial charge on any atom is -0.492 e. The van der Waals surface area contributed by atoms with E-state index in [1.807, 2.05) is 38.4 Å². The summed E-state index contributed by atoms with van der Waals surface area (Å²) in [5.41, 5.74) is 5.97. The molecule has 0 saturated heterocycles. The molecule has 0 radical (unpaired) electrons. The first-order valence-corrected chi connectivity index (χ1v) is 10.5. The van der Waals surface area contributed by atoms with Gasteiger partial charge in [0.1, 0.15) is 12.4 Å². The highest BCUT2D eigenvalue weighted by Gasteiger charge is 2.14. The van der Waals surface area contributed by atoms with Gasteiger partial charge in [-0.1, -0.05) is 72.8 Å². The Bertz CT molecular complexity index is 922. The molecule has 3 nitrogen and oxygen atoms in total. The van der Waals surface area contributed by atoms with E-state index >= 15 is 0 Å². The van der Waals surface area contributed by atoms with Crippen molar-refractivity contribution in [2.24, 2.45) is 0 Å². The van der Waals surface area contributed by atoms with Crippen LogP contribution in [-0.4, -0.2) is 43.9 Å². The highest BCUT2D eigenvalue weighted by Crippen LogP contribution is 2.35. The van der Waals surface area contributed by atoms with Gasteiger partial charge in [0, 0.05) is 13.2 Å². The van der Waals surface area contributed by atoms with Crippen LogP contribution in [-0.2, 0) is 0 Å². The predicted molar refractivity (Wildman–Crippen MR) is 133 cm³/mol. The maximum absolute atomic E-state index is 9.50. The summed E-state index contributed by atoms with van der Waals surface area (Å²) in [4.78, 5) is 2.11. The number of nitrogens with zero attached hydrogens (tertiary/aromatic N) is 1. The minimum atomic E-state index is 0. The average Bonchev–Trinajstić information content (AvgIpc) is 2.78. The second kappa shape index (κ2) is 13.0. The van der Waals surface area contributed by atoms with E-state index in [0.29, 0.717) is 6.61 Å². The van der Waals surface area contributed by atoms with Crippen LogP contribution in [0.4, 0.5) is 0 Å². The maximum Gasteiger partial charge on any atom is 0.119 e. The average molecular weight is 438 g/mol. The topological polar surface area (TPSA) is 32.7 Å². The number of aliphatic hydroxyl groups is 1. The lowest BCUT2D eigenvalue weighted by molar-refractivity contribution is 0.261. The summed E-state index contributed by atoms with van der Waals surface area (Å²) in [7, 11) is 4.09. The van der Waals surface area contributed by atoms with E-state index in [1.165, 1.54) is 22.3 Å². The largest absolute Gasteiger partial charge is 0.492 e. The van der Waals surface area contributed by atoms with Gasteiger partial charge in [-0.2, -0.15) is 0 Å². The van der Waals surface area contributed by atoms with Crippen molar-refractivity contribution in [3.63, 3.8) is 0 Å². The molecule has 0 heterocycles. The van der Waals surface area contributed by atoms with Crippen LogP contribution in [0, 0.1) is 0 Å². The number of aliphatic hydroxyl groups excluding tert-OH is 1. The van der Waals surface area contributed by atoms with Crippen LogP contribution in [0.25, 0.3) is 11.1 Å². The molecule has 3 aromatic rings. The fraction of sp³-hybridized carbons (Fsp3) is 0.259. The lowest BCUT2D eigenvalue weighted by Gasteiger charge is -2.18. The van der Waals surface area contributed by atoms with Crippen molar-refractivity contribution in [2.45, 2.75) is 12.8 Å². The number of ether oxygens (including phenoxy) is 1. The molecule has 3 rings (SSSR count). The Labute approximate surface area is 192 Å². The molecule has 0 aliphatic rings. The summed E-state index contributed by atoms with van der Waals surface area (Å²) in [6.07, 6.45) is 1.54. The summed E-state index contributed by atoms with van der Waals surface area (Å²) in [5.74, 6) is 0.879. The zero-order chi connectivity index (χ0) is 21.2. The predicted octanol–water partition coefficient (Wildman–Crippen LogP) is 5.78. The molecule has 4 heteroatoms. The van der Waals surface area contributed by atoms with Gasteiger partial charge in [0.25, 0.3) is 0 Å². The van der Waals surface area contributed by atoms with Crippen molar-refractivity contribution in [3.8, 4) is 5.75 Å². The van der Waals surface area contributed by atoms with E-state index in [2.05, 4.69) is 65.6 Å². The first-order chi connectivity index (χ1) is 14.7. The molecule has 0 spiro atoms. The van der Waals surface area contributed by atoms with Gasteiger partial charge in [-0.25, -0.2) is 0 Å². The minimum absolute atomic E-state index is 0. The van der Waals surface area contributed by atoms with Crippen LogP contribution < -0.4 is 4.74 Å². The van der Waals surface area contributed by atoms with Crippen LogP contribution in [0.2, 0.25) is 0 Å². The molecule has 0 aliphatic heterocycles. The molecule has 31 heavy (non-hydrogen) atoms. The number of benzene rings is 3. The third kappa shape index (κ3) is 7.25. The number of hydrogen-bond donors (Lipinski definition) is 1. The van der Waals surface area contributed by atoms with Crippen molar-refractivity contribution in [1.82, 2.24) is 4.90 Å². The molecule has 0 unspecified atom stereocenters. The molecule has 0 amide bonds. The van der Waals surface area contributed by atoms with Gasteiger partial charge in [0.2, 0.25) is 0 Å². The SMILES string of the molecule is CN(C)CCOc1ccc(/C(=C(/CCCO)c2ccccc2)c2ccccc2)cc1.Cl. The zero-order valence-corrected chi connectivity index (χ0v) is 19.1. The lowest BCUT2D eigenvalue weighted by atomic mass is 9.87. The van der Waals surface area contributed by atoms with Crippen molar-refractivity contribution in [2.75, 3.05) is 33.9 Å². The zero-order valence-electron chi connectivity index (χ0n) is 18.3. The molecule has 0 atom stereocenters. The van der Waals surface area contributed by atoms with E-state index in [9.17, 15) is 5.11 Å². The summed E-state index contributed by atoms with van der Waals surface area (Å²) in [6, 6.07) is 29.3. The van der Waals surface area contributed by atoms with Crippen LogP contribution in [0.3, 0.4) is 0 Å². The molecule has 0 bridgehead atoms. The third-order valence-corrected chi connectivity index (χ3v) is 5.02. The first kappa shape index (κ1) is 24.7. The number of likely N-dealkylation sites (N-methyl/N-ethyl adjacent to an activating group) is 1. The fourth-order valence-electron chi connectivity index (χ4n) is 3.49. The number of allylic oxidation sites excluding steroid dienone is 1. The van der Waals surface area contributed by atoms with Gasteiger partial charge in [-0.05, 0) is 66.9 Å². The van der Waals surface area contributed by atoms with Crippen molar-refractivity contribution in [1.29, 1.82) is 0 Å². The van der Waals surface area contributed by atoms with Crippen LogP contribution >= 0.6 is 12.4 Å². The van der Waals surface area contributed by atoms with Gasteiger partial charge >= 0.3 is 0 Å². The van der Waals surface area contributed by atoms with Crippen LogP contribution in [0.5, 0.6) is 5.75 Å². The number of rotatable bonds is 10. The van der Waals surface area contributed by atoms with Crippen molar-refractivity contribution in [3.05, 3.63) is 102 Å². The molecule has 0 fully saturated rings. The molecular formula is C27H32ClNO2. The molecular weight excluding hydrogens is 406 g/mol. The fourth-order valence-corrected chi connectivity index (χ4v) is 3.49. The quantitative estimate of drug-likeness (QED) is 0.408. The van der Waals surface area contributed by atoms with E-state index in [4.69, 9.17) is 4.74 Å².